The second-order valence-electron chi connectivity index (χ2n) is 1.73. The summed E-state index contributed by atoms with van der Waals surface area (Å²) in [6, 6.07) is 0. The summed E-state index contributed by atoms with van der Waals surface area (Å²) >= 11 is 0. The van der Waals surface area contributed by atoms with E-state index in [4.69, 9.17) is 29.7 Å². The molecule has 0 saturated heterocycles. The number of rotatable bonds is 3. The van der Waals surface area contributed by atoms with Crippen molar-refractivity contribution in [1.29, 1.82) is 0 Å². The molecule has 0 aromatic carbocycles. The van der Waals surface area contributed by atoms with Crippen LogP contribution in [-0.2, 0) is 41.7 Å². The standard InChI is InChI=1S/3C2H5NO2.Cd.H3N/c3*3-1-2(4)5;;/h3*1,3H2,(H,4,5);;1H3/q;;;+2;/p-2. The fourth-order valence-corrected chi connectivity index (χ4v) is 0. The van der Waals surface area contributed by atoms with Crippen molar-refractivity contribution in [3.8, 4) is 0 Å². The molecule has 0 aromatic rings. The van der Waals surface area contributed by atoms with Gasteiger partial charge in [0.25, 0.3) is 0 Å². The van der Waals surface area contributed by atoms with Crippen LogP contribution in [0.25, 0.3) is 0 Å². The van der Waals surface area contributed by atoms with Crippen molar-refractivity contribution in [2.45, 2.75) is 0 Å². The van der Waals surface area contributed by atoms with Crippen LogP contribution < -0.4 is 38.7 Å². The number of hydrogen-bond acceptors (Lipinski definition) is 9. The van der Waals surface area contributed by atoms with Crippen LogP contribution in [0.15, 0.2) is 0 Å². The van der Waals surface area contributed by atoms with Crippen molar-refractivity contribution >= 4 is 17.9 Å². The molecule has 0 heterocycles. The van der Waals surface area contributed by atoms with Gasteiger partial charge in [-0.3, -0.25) is 0 Å². The zero-order chi connectivity index (χ0) is 12.9. The summed E-state index contributed by atoms with van der Waals surface area (Å²) < 4.78 is 0. The fourth-order valence-electron chi connectivity index (χ4n) is 0. The van der Waals surface area contributed by atoms with E-state index >= 15 is 0 Å². The predicted molar refractivity (Wildman–Crippen MR) is 48.2 cm³/mol. The summed E-state index contributed by atoms with van der Waals surface area (Å²) in [7, 11) is 0. The SMILES string of the molecule is NCC(=O)[O-].NCC(=O)[O-].NCC(=O)[O-].[Cd+2].[NH4+]. The van der Waals surface area contributed by atoms with Crippen molar-refractivity contribution in [3.63, 3.8) is 0 Å². The van der Waals surface area contributed by atoms with Crippen LogP contribution in [0.2, 0.25) is 0 Å². The van der Waals surface area contributed by atoms with Crippen LogP contribution in [0, 0.1) is 0 Å². The number of carboxylic acids is 3. The molecule has 0 fully saturated rings. The van der Waals surface area contributed by atoms with Gasteiger partial charge in [0.05, 0.1) is 17.9 Å². The molecule has 10 N–H and O–H groups in total. The van der Waals surface area contributed by atoms with Gasteiger partial charge in [-0.05, 0) is 0 Å². The van der Waals surface area contributed by atoms with Gasteiger partial charge >= 0.3 is 27.3 Å². The Bertz CT molecular complexity index is 170. The molecule has 0 aliphatic carbocycles. The van der Waals surface area contributed by atoms with Gasteiger partial charge in [-0.1, -0.05) is 0 Å². The number of carbonyl (C=O) groups is 3. The number of quaternary nitrogens is 1. The molecule has 0 aliphatic rings. The first-order chi connectivity index (χ1) is 6.81. The maximum atomic E-state index is 9.13. The van der Waals surface area contributed by atoms with Gasteiger partial charge in [-0.2, -0.15) is 0 Å². The Balaban J connectivity index is -0.0000000400. The Morgan fingerprint density at radius 1 is 0.706 bits per heavy atom. The molecule has 11 heteroatoms. The van der Waals surface area contributed by atoms with E-state index in [1.807, 2.05) is 0 Å². The van der Waals surface area contributed by atoms with Crippen molar-refractivity contribution in [2.24, 2.45) is 17.2 Å². The molecule has 98 valence electrons. The number of aliphatic carboxylic acids is 3. The first kappa shape index (κ1) is 29.8. The second-order valence-corrected chi connectivity index (χ2v) is 1.73. The minimum atomic E-state index is -1.22. The van der Waals surface area contributed by atoms with Gasteiger partial charge in [-0.25, -0.2) is 0 Å². The second kappa shape index (κ2) is 24.4. The van der Waals surface area contributed by atoms with E-state index in [2.05, 4.69) is 17.2 Å². The first-order valence-electron chi connectivity index (χ1n) is 3.51. The average molecular weight is 353 g/mol. The minimum Gasteiger partial charge on any atom is -0.549 e. The molecule has 0 amide bonds. The number of hydrogen-bond donors (Lipinski definition) is 4. The molecule has 0 aromatic heterocycles. The van der Waals surface area contributed by atoms with Crippen LogP contribution in [0.3, 0.4) is 0 Å². The normalized spacial score (nSPS) is 6.53. The molecule has 17 heavy (non-hydrogen) atoms. The van der Waals surface area contributed by atoms with E-state index in [0.717, 1.165) is 0 Å². The van der Waals surface area contributed by atoms with Gasteiger partial charge in [0.15, 0.2) is 0 Å². The molecule has 0 unspecified atom stereocenters. The third-order valence-electron chi connectivity index (χ3n) is 0.500. The van der Waals surface area contributed by atoms with Gasteiger partial charge in [0.1, 0.15) is 0 Å². The van der Waals surface area contributed by atoms with Crippen LogP contribution in [0.5, 0.6) is 0 Å². The van der Waals surface area contributed by atoms with Gasteiger partial charge in [-0.15, -0.1) is 0 Å². The third-order valence-corrected chi connectivity index (χ3v) is 0.500. The molecule has 10 nitrogen and oxygen atoms in total. The largest absolute Gasteiger partial charge is 2.00 e. The van der Waals surface area contributed by atoms with Gasteiger partial charge in [0, 0.05) is 19.6 Å². The Hall–Kier alpha value is -0.828. The van der Waals surface area contributed by atoms with E-state index in [9.17, 15) is 0 Å². The van der Waals surface area contributed by atoms with Crippen molar-refractivity contribution in [2.75, 3.05) is 19.6 Å². The number of carboxylic acid groups (broad SMARTS) is 3. The zero-order valence-corrected chi connectivity index (χ0v) is 13.5. The molecule has 0 bridgehead atoms. The van der Waals surface area contributed by atoms with Crippen LogP contribution in [-0.4, -0.2) is 37.5 Å². The topological polar surface area (TPSA) is 235 Å². The van der Waals surface area contributed by atoms with E-state index in [1.54, 1.807) is 0 Å². The quantitative estimate of drug-likeness (QED) is 0.352. The summed E-state index contributed by atoms with van der Waals surface area (Å²) in [5.74, 6) is -3.65. The summed E-state index contributed by atoms with van der Waals surface area (Å²) in [4.78, 5) is 27.4. The molecule has 0 atom stereocenters. The molecule has 0 spiro atoms. The molecular weight excluding hydrogens is 336 g/mol. The summed E-state index contributed by atoms with van der Waals surface area (Å²) in [5.41, 5.74) is 13.5. The summed E-state index contributed by atoms with van der Waals surface area (Å²) in [6.07, 6.45) is 0. The van der Waals surface area contributed by atoms with E-state index in [-0.39, 0.29) is 53.1 Å². The Kier molecular flexibility index (Phi) is 42.8. The molecular formula is C6H16CdN4O6. The molecule has 0 aliphatic heterocycles. The molecule has 0 saturated carbocycles. The van der Waals surface area contributed by atoms with E-state index in [1.165, 1.54) is 0 Å². The summed E-state index contributed by atoms with van der Waals surface area (Å²) in [6.45, 7) is -1.17. The predicted octanol–water partition coefficient (Wildman–Crippen LogP) is -6.54. The van der Waals surface area contributed by atoms with Crippen LogP contribution in [0.4, 0.5) is 0 Å². The first-order valence-corrected chi connectivity index (χ1v) is 3.51. The number of nitrogens with two attached hydrogens (primary N) is 3. The van der Waals surface area contributed by atoms with E-state index < -0.39 is 17.9 Å². The van der Waals surface area contributed by atoms with Crippen molar-refractivity contribution in [1.82, 2.24) is 6.15 Å². The molecule has 0 radical (unpaired) electrons. The van der Waals surface area contributed by atoms with Gasteiger partial charge in [0.2, 0.25) is 0 Å². The Morgan fingerprint density at radius 2 is 0.765 bits per heavy atom. The van der Waals surface area contributed by atoms with E-state index in [0.29, 0.717) is 0 Å². The average Bonchev–Trinajstić information content (AvgIpc) is 2.19. The van der Waals surface area contributed by atoms with Crippen molar-refractivity contribution < 1.29 is 57.0 Å². The summed E-state index contributed by atoms with van der Waals surface area (Å²) in [5, 5.41) is 27.4. The zero-order valence-electron chi connectivity index (χ0n) is 9.51. The number of carbonyl (C=O) groups excluding carboxylic acids is 3. The maximum absolute atomic E-state index is 9.13. The Morgan fingerprint density at radius 3 is 0.765 bits per heavy atom. The molecule has 0 rings (SSSR count). The maximum Gasteiger partial charge on any atom is 2.00 e. The Labute approximate surface area is 118 Å². The van der Waals surface area contributed by atoms with Gasteiger partial charge < -0.3 is 53.1 Å². The minimum absolute atomic E-state index is 0. The van der Waals surface area contributed by atoms with Crippen LogP contribution in [0.1, 0.15) is 0 Å². The third kappa shape index (κ3) is 98.4. The smallest absolute Gasteiger partial charge is 0.549 e. The van der Waals surface area contributed by atoms with Crippen molar-refractivity contribution in [3.05, 3.63) is 0 Å². The monoisotopic (exact) mass is 354 g/mol. The van der Waals surface area contributed by atoms with Crippen LogP contribution >= 0.6 is 0 Å². The fraction of sp³-hybridized carbons (Fsp3) is 0.500.